The number of rotatable bonds is 7. The molecule has 0 aliphatic carbocycles. The van der Waals surface area contributed by atoms with Crippen LogP contribution in [0.2, 0.25) is 0 Å². The standard InChI is InChI=1S/C21H22N4O2/c1-16(26)18-7-6-8-19(11-18)23-21(27)15-24(2)13-17-12-22-25(14-17)20-9-4-3-5-10-20/h3-12,14H,13,15H2,1-2H3,(H,23,27). The van der Waals surface area contributed by atoms with Crippen molar-refractivity contribution in [2.75, 3.05) is 18.9 Å². The van der Waals surface area contributed by atoms with E-state index in [1.54, 1.807) is 30.5 Å². The maximum atomic E-state index is 12.3. The lowest BCUT2D eigenvalue weighted by atomic mass is 10.1. The van der Waals surface area contributed by atoms with Crippen LogP contribution in [-0.4, -0.2) is 40.0 Å². The van der Waals surface area contributed by atoms with Crippen molar-refractivity contribution >= 4 is 17.4 Å². The van der Waals surface area contributed by atoms with Gasteiger partial charge in [-0.3, -0.25) is 14.5 Å². The lowest BCUT2D eigenvalue weighted by Crippen LogP contribution is -2.29. The highest BCUT2D eigenvalue weighted by Gasteiger charge is 2.10. The van der Waals surface area contributed by atoms with Crippen LogP contribution in [0.4, 0.5) is 5.69 Å². The van der Waals surface area contributed by atoms with Crippen LogP contribution in [0.3, 0.4) is 0 Å². The molecule has 0 radical (unpaired) electrons. The molecule has 0 atom stereocenters. The molecule has 0 saturated heterocycles. The molecular formula is C21H22N4O2. The molecule has 0 spiro atoms. The molecule has 0 fully saturated rings. The van der Waals surface area contributed by atoms with E-state index in [0.29, 0.717) is 17.8 Å². The van der Waals surface area contributed by atoms with Crippen molar-refractivity contribution < 1.29 is 9.59 Å². The number of hydrogen-bond donors (Lipinski definition) is 1. The Morgan fingerprint density at radius 2 is 1.89 bits per heavy atom. The third kappa shape index (κ3) is 5.12. The van der Waals surface area contributed by atoms with Gasteiger partial charge < -0.3 is 5.32 Å². The molecule has 3 rings (SSSR count). The third-order valence-electron chi connectivity index (χ3n) is 4.08. The maximum Gasteiger partial charge on any atom is 0.238 e. The number of nitrogens with zero attached hydrogens (tertiary/aromatic N) is 3. The van der Waals surface area contributed by atoms with Gasteiger partial charge in [0.05, 0.1) is 18.4 Å². The first-order chi connectivity index (χ1) is 13.0. The van der Waals surface area contributed by atoms with Crippen LogP contribution in [0, 0.1) is 0 Å². The molecule has 0 bridgehead atoms. The minimum atomic E-state index is -0.131. The number of likely N-dealkylation sites (N-methyl/N-ethyl adjacent to an activating group) is 1. The monoisotopic (exact) mass is 362 g/mol. The lowest BCUT2D eigenvalue weighted by molar-refractivity contribution is -0.117. The van der Waals surface area contributed by atoms with Crippen LogP contribution < -0.4 is 5.32 Å². The fraction of sp³-hybridized carbons (Fsp3) is 0.190. The van der Waals surface area contributed by atoms with E-state index in [-0.39, 0.29) is 18.2 Å². The summed E-state index contributed by atoms with van der Waals surface area (Å²) in [5, 5.41) is 7.20. The number of ketones is 1. The molecule has 0 unspecified atom stereocenters. The molecule has 1 heterocycles. The average molecular weight is 362 g/mol. The van der Waals surface area contributed by atoms with Crippen molar-refractivity contribution in [1.29, 1.82) is 0 Å². The van der Waals surface area contributed by atoms with Crippen molar-refractivity contribution in [2.45, 2.75) is 13.5 Å². The molecule has 1 aromatic heterocycles. The first kappa shape index (κ1) is 18.5. The highest BCUT2D eigenvalue weighted by Crippen LogP contribution is 2.12. The van der Waals surface area contributed by atoms with E-state index in [2.05, 4.69) is 10.4 Å². The van der Waals surface area contributed by atoms with E-state index in [1.807, 2.05) is 53.2 Å². The Morgan fingerprint density at radius 3 is 2.63 bits per heavy atom. The number of aromatic nitrogens is 2. The molecule has 27 heavy (non-hydrogen) atoms. The third-order valence-corrected chi connectivity index (χ3v) is 4.08. The van der Waals surface area contributed by atoms with Crippen LogP contribution in [0.5, 0.6) is 0 Å². The van der Waals surface area contributed by atoms with Gasteiger partial charge in [-0.05, 0) is 38.2 Å². The fourth-order valence-corrected chi connectivity index (χ4v) is 2.79. The SMILES string of the molecule is CC(=O)c1cccc(NC(=O)CN(C)Cc2cnn(-c3ccccc3)c2)c1. The predicted octanol–water partition coefficient (Wildman–Crippen LogP) is 3.15. The summed E-state index contributed by atoms with van der Waals surface area (Å²) in [6.45, 7) is 2.35. The van der Waals surface area contributed by atoms with Gasteiger partial charge in [-0.1, -0.05) is 30.3 Å². The zero-order valence-corrected chi connectivity index (χ0v) is 15.4. The van der Waals surface area contributed by atoms with Crippen molar-refractivity contribution in [1.82, 2.24) is 14.7 Å². The molecule has 0 aliphatic rings. The maximum absolute atomic E-state index is 12.3. The largest absolute Gasteiger partial charge is 0.325 e. The molecular weight excluding hydrogens is 340 g/mol. The van der Waals surface area contributed by atoms with Gasteiger partial charge in [-0.25, -0.2) is 4.68 Å². The summed E-state index contributed by atoms with van der Waals surface area (Å²) >= 11 is 0. The molecule has 0 aliphatic heterocycles. The normalized spacial score (nSPS) is 10.8. The molecule has 138 valence electrons. The molecule has 0 saturated carbocycles. The second-order valence-electron chi connectivity index (χ2n) is 6.49. The minimum Gasteiger partial charge on any atom is -0.325 e. The van der Waals surface area contributed by atoms with Gasteiger partial charge in [0.1, 0.15) is 0 Å². The number of benzene rings is 2. The molecule has 6 heteroatoms. The summed E-state index contributed by atoms with van der Waals surface area (Å²) in [6, 6.07) is 16.8. The summed E-state index contributed by atoms with van der Waals surface area (Å²) in [5.74, 6) is -0.160. The van der Waals surface area contributed by atoms with E-state index in [4.69, 9.17) is 0 Å². The second-order valence-corrected chi connectivity index (χ2v) is 6.49. The fourth-order valence-electron chi connectivity index (χ4n) is 2.79. The van der Waals surface area contributed by atoms with Gasteiger partial charge in [0.25, 0.3) is 0 Å². The lowest BCUT2D eigenvalue weighted by Gasteiger charge is -2.15. The highest BCUT2D eigenvalue weighted by atomic mass is 16.2. The molecule has 3 aromatic rings. The second kappa shape index (κ2) is 8.42. The van der Waals surface area contributed by atoms with Crippen molar-refractivity contribution in [3.05, 3.63) is 78.1 Å². The van der Waals surface area contributed by atoms with Crippen molar-refractivity contribution in [2.24, 2.45) is 0 Å². The Balaban J connectivity index is 1.55. The topological polar surface area (TPSA) is 67.2 Å². The summed E-state index contributed by atoms with van der Waals surface area (Å²) in [7, 11) is 1.88. The van der Waals surface area contributed by atoms with E-state index >= 15 is 0 Å². The first-order valence-electron chi connectivity index (χ1n) is 8.69. The summed E-state index contributed by atoms with van der Waals surface area (Å²) in [5.41, 5.74) is 3.22. The van der Waals surface area contributed by atoms with E-state index in [0.717, 1.165) is 11.3 Å². The van der Waals surface area contributed by atoms with Crippen molar-refractivity contribution in [3.63, 3.8) is 0 Å². The van der Waals surface area contributed by atoms with E-state index < -0.39 is 0 Å². The van der Waals surface area contributed by atoms with Crippen molar-refractivity contribution in [3.8, 4) is 5.69 Å². The van der Waals surface area contributed by atoms with Crippen LogP contribution in [0.15, 0.2) is 67.0 Å². The number of carbonyl (C=O) groups excluding carboxylic acids is 2. The number of Topliss-reactive ketones (excluding diaryl/α,β-unsaturated/α-hetero) is 1. The number of anilines is 1. The van der Waals surface area contributed by atoms with E-state index in [9.17, 15) is 9.59 Å². The summed E-state index contributed by atoms with van der Waals surface area (Å²) in [6.07, 6.45) is 3.76. The van der Waals surface area contributed by atoms with Gasteiger partial charge in [0.15, 0.2) is 5.78 Å². The number of amides is 1. The molecule has 2 aromatic carbocycles. The predicted molar refractivity (Wildman–Crippen MR) is 105 cm³/mol. The zero-order chi connectivity index (χ0) is 19.2. The number of carbonyl (C=O) groups is 2. The van der Waals surface area contributed by atoms with E-state index in [1.165, 1.54) is 6.92 Å². The quantitative estimate of drug-likeness (QED) is 0.656. The summed E-state index contributed by atoms with van der Waals surface area (Å²) < 4.78 is 1.82. The molecule has 1 N–H and O–H groups in total. The van der Waals surface area contributed by atoms with Gasteiger partial charge in [0.2, 0.25) is 5.91 Å². The molecule has 1 amide bonds. The Kier molecular flexibility index (Phi) is 5.78. The smallest absolute Gasteiger partial charge is 0.238 e. The first-order valence-corrected chi connectivity index (χ1v) is 8.69. The van der Waals surface area contributed by atoms with Gasteiger partial charge in [-0.2, -0.15) is 5.10 Å². The minimum absolute atomic E-state index is 0.0290. The van der Waals surface area contributed by atoms with Gasteiger partial charge >= 0.3 is 0 Å². The number of para-hydroxylation sites is 1. The number of hydrogen-bond acceptors (Lipinski definition) is 4. The van der Waals surface area contributed by atoms with Gasteiger partial charge in [0, 0.05) is 29.6 Å². The molecule has 6 nitrogen and oxygen atoms in total. The van der Waals surface area contributed by atoms with Crippen LogP contribution in [0.1, 0.15) is 22.8 Å². The zero-order valence-electron chi connectivity index (χ0n) is 15.4. The Labute approximate surface area is 158 Å². The number of nitrogens with one attached hydrogen (secondary N) is 1. The van der Waals surface area contributed by atoms with Crippen LogP contribution >= 0.6 is 0 Å². The van der Waals surface area contributed by atoms with Crippen LogP contribution in [0.25, 0.3) is 5.69 Å². The Morgan fingerprint density at radius 1 is 1.11 bits per heavy atom. The van der Waals surface area contributed by atoms with Crippen LogP contribution in [-0.2, 0) is 11.3 Å². The Hall–Kier alpha value is -3.25. The average Bonchev–Trinajstić information content (AvgIpc) is 3.10. The Bertz CT molecular complexity index is 934. The highest BCUT2D eigenvalue weighted by molar-refractivity contribution is 5.97. The summed E-state index contributed by atoms with van der Waals surface area (Å²) in [4.78, 5) is 25.6. The van der Waals surface area contributed by atoms with Gasteiger partial charge in [-0.15, -0.1) is 0 Å².